The van der Waals surface area contributed by atoms with Gasteiger partial charge in [-0.25, -0.2) is 8.78 Å². The largest absolute Gasteiger partial charge is 0.495 e. The van der Waals surface area contributed by atoms with E-state index in [0.29, 0.717) is 27.8 Å². The highest BCUT2D eigenvalue weighted by molar-refractivity contribution is 5.99. The standard InChI is InChI=1S/C34H24F2N4O4/c1-19(2)40-18-25(33(42)32(34(40)38-3)21-6-8-23(35)9-7-21)28(41)14-20-5-10-30(26(36)13-20)44-29-11-12-39-27-16-31(43-4)22(17-37)15-24(27)29/h5-13,15-16,18-19H,14H2,1-2,4H3. The van der Waals surface area contributed by atoms with Crippen LogP contribution in [0.1, 0.15) is 41.4 Å². The second-order valence-electron chi connectivity index (χ2n) is 10.1. The molecule has 0 aliphatic rings. The van der Waals surface area contributed by atoms with E-state index in [2.05, 4.69) is 9.83 Å². The van der Waals surface area contributed by atoms with Crippen molar-refractivity contribution in [2.45, 2.75) is 26.3 Å². The number of Topliss-reactive ketones (excluding diaryl/α,β-unsaturated/α-hetero) is 1. The molecule has 8 nitrogen and oxygen atoms in total. The number of pyridine rings is 2. The number of methoxy groups -OCH3 is 1. The summed E-state index contributed by atoms with van der Waals surface area (Å²) in [6.07, 6.45) is 2.54. The maximum absolute atomic E-state index is 15.3. The first kappa shape index (κ1) is 29.6. The van der Waals surface area contributed by atoms with Crippen molar-refractivity contribution in [2.75, 3.05) is 7.11 Å². The first-order chi connectivity index (χ1) is 21.1. The zero-order valence-electron chi connectivity index (χ0n) is 23.9. The molecule has 2 heterocycles. The number of nitriles is 1. The maximum atomic E-state index is 15.3. The Hall–Kier alpha value is -5.87. The summed E-state index contributed by atoms with van der Waals surface area (Å²) in [5.41, 5.74) is 0.511. The van der Waals surface area contributed by atoms with Crippen LogP contribution in [0.5, 0.6) is 17.2 Å². The Balaban J connectivity index is 1.47. The number of rotatable bonds is 8. The highest BCUT2D eigenvalue weighted by Crippen LogP contribution is 2.35. The number of halogens is 2. The molecule has 10 heteroatoms. The van der Waals surface area contributed by atoms with Gasteiger partial charge in [0.15, 0.2) is 22.8 Å². The van der Waals surface area contributed by atoms with Gasteiger partial charge in [-0.15, -0.1) is 0 Å². The molecule has 218 valence electrons. The summed E-state index contributed by atoms with van der Waals surface area (Å²) >= 11 is 0. The number of hydrogen-bond donors (Lipinski definition) is 0. The van der Waals surface area contributed by atoms with Crippen molar-refractivity contribution in [1.82, 2.24) is 9.55 Å². The summed E-state index contributed by atoms with van der Waals surface area (Å²) in [5.74, 6) is -1.30. The van der Waals surface area contributed by atoms with E-state index in [9.17, 15) is 19.2 Å². The van der Waals surface area contributed by atoms with Crippen LogP contribution >= 0.6 is 0 Å². The summed E-state index contributed by atoms with van der Waals surface area (Å²) in [4.78, 5) is 34.8. The first-order valence-electron chi connectivity index (χ1n) is 13.4. The van der Waals surface area contributed by atoms with Gasteiger partial charge in [-0.2, -0.15) is 5.26 Å². The van der Waals surface area contributed by atoms with Crippen LogP contribution in [-0.2, 0) is 6.42 Å². The van der Waals surface area contributed by atoms with Gasteiger partial charge in [0.1, 0.15) is 28.9 Å². The van der Waals surface area contributed by atoms with Gasteiger partial charge in [-0.05, 0) is 61.4 Å². The van der Waals surface area contributed by atoms with Gasteiger partial charge in [0.05, 0.1) is 36.0 Å². The van der Waals surface area contributed by atoms with Gasteiger partial charge in [0.2, 0.25) is 5.82 Å². The number of aromatic nitrogens is 2. The van der Waals surface area contributed by atoms with Crippen molar-refractivity contribution in [1.29, 1.82) is 5.26 Å². The van der Waals surface area contributed by atoms with Crippen molar-refractivity contribution < 1.29 is 23.0 Å². The van der Waals surface area contributed by atoms with Crippen LogP contribution < -0.4 is 14.9 Å². The van der Waals surface area contributed by atoms with E-state index in [0.717, 1.165) is 6.07 Å². The van der Waals surface area contributed by atoms with Crippen molar-refractivity contribution in [3.8, 4) is 34.4 Å². The molecular weight excluding hydrogens is 566 g/mol. The molecule has 0 aliphatic carbocycles. The molecule has 0 saturated heterocycles. The molecule has 0 fully saturated rings. The molecule has 0 aliphatic heterocycles. The highest BCUT2D eigenvalue weighted by atomic mass is 19.1. The number of ketones is 1. The van der Waals surface area contributed by atoms with Gasteiger partial charge in [0.25, 0.3) is 0 Å². The number of carbonyl (C=O) groups excluding carboxylic acids is 1. The third kappa shape index (κ3) is 5.61. The van der Waals surface area contributed by atoms with Gasteiger partial charge >= 0.3 is 0 Å². The van der Waals surface area contributed by atoms with E-state index in [-0.39, 0.29) is 46.5 Å². The Labute approximate surface area is 251 Å². The van der Waals surface area contributed by atoms with Crippen LogP contribution in [-0.4, -0.2) is 22.4 Å². The number of fused-ring (bicyclic) bond motifs is 1. The predicted octanol–water partition coefficient (Wildman–Crippen LogP) is 7.57. The summed E-state index contributed by atoms with van der Waals surface area (Å²) in [6.45, 7) is 11.3. The molecule has 5 aromatic rings. The summed E-state index contributed by atoms with van der Waals surface area (Å²) in [6, 6.07) is 15.6. The lowest BCUT2D eigenvalue weighted by Crippen LogP contribution is -2.22. The molecule has 2 aromatic heterocycles. The maximum Gasteiger partial charge on any atom is 0.241 e. The molecule has 0 atom stereocenters. The van der Waals surface area contributed by atoms with E-state index in [4.69, 9.17) is 16.0 Å². The quantitative estimate of drug-likeness (QED) is 0.137. The Bertz CT molecular complexity index is 2070. The summed E-state index contributed by atoms with van der Waals surface area (Å²) < 4.78 is 41.5. The minimum Gasteiger partial charge on any atom is -0.495 e. The van der Waals surface area contributed by atoms with E-state index in [1.54, 1.807) is 26.0 Å². The van der Waals surface area contributed by atoms with Gasteiger partial charge < -0.3 is 14.3 Å². The number of ether oxygens (including phenoxy) is 2. The number of carbonyl (C=O) groups is 1. The Morgan fingerprint density at radius 2 is 1.82 bits per heavy atom. The smallest absolute Gasteiger partial charge is 0.241 e. The average molecular weight is 591 g/mol. The van der Waals surface area contributed by atoms with Gasteiger partial charge in [-0.3, -0.25) is 19.1 Å². The van der Waals surface area contributed by atoms with Crippen molar-refractivity contribution in [3.05, 3.63) is 123 Å². The fourth-order valence-corrected chi connectivity index (χ4v) is 4.84. The third-order valence-corrected chi connectivity index (χ3v) is 7.03. The van der Waals surface area contributed by atoms with Crippen molar-refractivity contribution >= 4 is 22.5 Å². The lowest BCUT2D eigenvalue weighted by atomic mass is 9.98. The fraction of sp³-hybridized carbons (Fsp3) is 0.147. The lowest BCUT2D eigenvalue weighted by molar-refractivity contribution is 0.0991. The predicted molar refractivity (Wildman–Crippen MR) is 160 cm³/mol. The monoisotopic (exact) mass is 590 g/mol. The Morgan fingerprint density at radius 3 is 2.45 bits per heavy atom. The fourth-order valence-electron chi connectivity index (χ4n) is 4.84. The minimum atomic E-state index is -0.746. The number of hydrogen-bond acceptors (Lipinski definition) is 6. The van der Waals surface area contributed by atoms with Crippen molar-refractivity contribution in [3.63, 3.8) is 0 Å². The molecule has 0 saturated carbocycles. The first-order valence-corrected chi connectivity index (χ1v) is 13.4. The van der Waals surface area contributed by atoms with Crippen LogP contribution in [0.4, 0.5) is 14.6 Å². The highest BCUT2D eigenvalue weighted by Gasteiger charge is 2.24. The van der Waals surface area contributed by atoms with Crippen LogP contribution in [0.2, 0.25) is 0 Å². The zero-order valence-corrected chi connectivity index (χ0v) is 23.9. The molecule has 0 bridgehead atoms. The van der Waals surface area contributed by atoms with Gasteiger partial charge in [-0.1, -0.05) is 24.8 Å². The minimum absolute atomic E-state index is 0.00349. The van der Waals surface area contributed by atoms with Crippen LogP contribution in [0.3, 0.4) is 0 Å². The molecular formula is C34H24F2N4O4. The SMILES string of the molecule is [C-]#[N+]c1c(-c2ccc(F)cc2)c(=O)c(C(=O)Cc2ccc(Oc3ccnc4cc(OC)c(C#N)cc34)c(F)c2)cn1C(C)C. The van der Waals surface area contributed by atoms with E-state index in [1.807, 2.05) is 6.07 Å². The summed E-state index contributed by atoms with van der Waals surface area (Å²) in [5, 5.41) is 9.94. The van der Waals surface area contributed by atoms with Crippen LogP contribution in [0.25, 0.3) is 26.9 Å². The van der Waals surface area contributed by atoms with E-state index in [1.165, 1.54) is 66.5 Å². The second-order valence-corrected chi connectivity index (χ2v) is 10.1. The molecule has 0 N–H and O–H groups in total. The number of benzene rings is 3. The third-order valence-electron chi connectivity index (χ3n) is 7.03. The summed E-state index contributed by atoms with van der Waals surface area (Å²) in [7, 11) is 1.44. The average Bonchev–Trinajstić information content (AvgIpc) is 3.01. The molecule has 0 spiro atoms. The van der Waals surface area contributed by atoms with E-state index < -0.39 is 22.8 Å². The molecule has 0 radical (unpaired) electrons. The molecule has 0 unspecified atom stereocenters. The topological polar surface area (TPSA) is 98.6 Å². The lowest BCUT2D eigenvalue weighted by Gasteiger charge is -2.16. The Morgan fingerprint density at radius 1 is 1.07 bits per heavy atom. The molecule has 3 aromatic carbocycles. The second kappa shape index (κ2) is 12.2. The number of nitrogens with zero attached hydrogens (tertiary/aromatic N) is 4. The van der Waals surface area contributed by atoms with Crippen LogP contribution in [0, 0.1) is 29.5 Å². The van der Waals surface area contributed by atoms with Gasteiger partial charge in [0, 0.05) is 24.1 Å². The van der Waals surface area contributed by atoms with Crippen molar-refractivity contribution in [2.24, 2.45) is 0 Å². The molecule has 5 rings (SSSR count). The van der Waals surface area contributed by atoms with E-state index >= 15 is 4.39 Å². The van der Waals surface area contributed by atoms with Crippen LogP contribution in [0.15, 0.2) is 77.9 Å². The molecule has 44 heavy (non-hydrogen) atoms. The normalized spacial score (nSPS) is 10.8. The zero-order chi connectivity index (χ0) is 31.5. The molecule has 0 amide bonds. The Kier molecular flexibility index (Phi) is 8.19.